The van der Waals surface area contributed by atoms with Gasteiger partial charge in [-0.05, 0) is 18.2 Å². The molecule has 1 atom stereocenters. The molecule has 0 spiro atoms. The van der Waals surface area contributed by atoms with Gasteiger partial charge in [0, 0.05) is 24.2 Å². The van der Waals surface area contributed by atoms with Crippen molar-refractivity contribution >= 4 is 0 Å². The number of halogens is 1. The number of rotatable bonds is 3. The lowest BCUT2D eigenvalue weighted by molar-refractivity contribution is 0.630. The van der Waals surface area contributed by atoms with Crippen LogP contribution in [0.2, 0.25) is 0 Å². The molecule has 1 aromatic heterocycles. The fourth-order valence-corrected chi connectivity index (χ4v) is 1.54. The van der Waals surface area contributed by atoms with Gasteiger partial charge in [0.15, 0.2) is 0 Å². The van der Waals surface area contributed by atoms with Gasteiger partial charge in [0.25, 0.3) is 0 Å². The minimum Gasteiger partial charge on any atom is -0.330 e. The monoisotopic (exact) mass is 231 g/mol. The van der Waals surface area contributed by atoms with Crippen LogP contribution in [0.1, 0.15) is 18.7 Å². The molecule has 0 aliphatic carbocycles. The fourth-order valence-electron chi connectivity index (χ4n) is 1.54. The van der Waals surface area contributed by atoms with E-state index in [0.29, 0.717) is 23.6 Å². The molecule has 0 bridgehead atoms. The summed E-state index contributed by atoms with van der Waals surface area (Å²) in [4.78, 5) is 8.50. The summed E-state index contributed by atoms with van der Waals surface area (Å²) >= 11 is 0. The van der Waals surface area contributed by atoms with Gasteiger partial charge in [-0.25, -0.2) is 14.4 Å². The first-order valence-corrected chi connectivity index (χ1v) is 5.50. The average Bonchev–Trinajstić information content (AvgIpc) is 2.38. The minimum atomic E-state index is -0.280. The van der Waals surface area contributed by atoms with Crippen LogP contribution in [-0.4, -0.2) is 16.5 Å². The van der Waals surface area contributed by atoms with E-state index in [-0.39, 0.29) is 11.7 Å². The van der Waals surface area contributed by atoms with Gasteiger partial charge in [-0.15, -0.1) is 0 Å². The van der Waals surface area contributed by atoms with Crippen LogP contribution in [-0.2, 0) is 0 Å². The van der Waals surface area contributed by atoms with Crippen molar-refractivity contribution in [2.75, 3.05) is 6.54 Å². The van der Waals surface area contributed by atoms with E-state index in [2.05, 4.69) is 9.97 Å². The maximum atomic E-state index is 13.6. The van der Waals surface area contributed by atoms with Crippen molar-refractivity contribution in [1.29, 1.82) is 0 Å². The lowest BCUT2D eigenvalue weighted by Crippen LogP contribution is -2.12. The molecular formula is C13H14FN3. The molecule has 1 heterocycles. The summed E-state index contributed by atoms with van der Waals surface area (Å²) in [7, 11) is 0. The second-order valence-corrected chi connectivity index (χ2v) is 3.92. The molecule has 3 nitrogen and oxygen atoms in total. The van der Waals surface area contributed by atoms with Gasteiger partial charge in [0.1, 0.15) is 11.6 Å². The summed E-state index contributed by atoms with van der Waals surface area (Å²) in [5.74, 6) is 0.438. The first-order chi connectivity index (χ1) is 8.22. The maximum absolute atomic E-state index is 13.6. The Morgan fingerprint density at radius 2 is 2.06 bits per heavy atom. The van der Waals surface area contributed by atoms with E-state index in [9.17, 15) is 4.39 Å². The van der Waals surface area contributed by atoms with Gasteiger partial charge < -0.3 is 5.73 Å². The van der Waals surface area contributed by atoms with Crippen molar-refractivity contribution in [2.45, 2.75) is 12.8 Å². The van der Waals surface area contributed by atoms with Crippen molar-refractivity contribution in [3.05, 3.63) is 48.2 Å². The van der Waals surface area contributed by atoms with E-state index in [4.69, 9.17) is 5.73 Å². The number of aromatic nitrogens is 2. The summed E-state index contributed by atoms with van der Waals surface area (Å²) in [5.41, 5.74) is 6.65. The van der Waals surface area contributed by atoms with E-state index in [0.717, 1.165) is 0 Å². The summed E-state index contributed by atoms with van der Waals surface area (Å²) < 4.78 is 13.6. The Bertz CT molecular complexity index is 514. The highest BCUT2D eigenvalue weighted by Crippen LogP contribution is 2.21. The topological polar surface area (TPSA) is 51.8 Å². The van der Waals surface area contributed by atoms with Gasteiger partial charge in [0.05, 0.1) is 5.69 Å². The zero-order valence-electron chi connectivity index (χ0n) is 9.60. The Balaban J connectivity index is 2.43. The number of nitrogens with zero attached hydrogens (tertiary/aromatic N) is 2. The van der Waals surface area contributed by atoms with Crippen molar-refractivity contribution in [1.82, 2.24) is 9.97 Å². The molecule has 17 heavy (non-hydrogen) atoms. The van der Waals surface area contributed by atoms with E-state index in [1.54, 1.807) is 30.5 Å². The van der Waals surface area contributed by atoms with Crippen molar-refractivity contribution < 1.29 is 4.39 Å². The van der Waals surface area contributed by atoms with Crippen LogP contribution < -0.4 is 5.73 Å². The number of benzene rings is 1. The Hall–Kier alpha value is -1.81. The number of hydrogen-bond acceptors (Lipinski definition) is 3. The molecule has 2 rings (SSSR count). The second kappa shape index (κ2) is 5.01. The van der Waals surface area contributed by atoms with Crippen LogP contribution >= 0.6 is 0 Å². The highest BCUT2D eigenvalue weighted by molar-refractivity contribution is 5.59. The van der Waals surface area contributed by atoms with Crippen molar-refractivity contribution in [2.24, 2.45) is 5.73 Å². The molecule has 2 N–H and O–H groups in total. The summed E-state index contributed by atoms with van der Waals surface area (Å²) in [5, 5.41) is 0. The molecule has 0 aliphatic heterocycles. The van der Waals surface area contributed by atoms with Crippen molar-refractivity contribution in [3.8, 4) is 11.3 Å². The maximum Gasteiger partial charge on any atom is 0.133 e. The van der Waals surface area contributed by atoms with Crippen LogP contribution in [0.3, 0.4) is 0 Å². The van der Waals surface area contributed by atoms with Gasteiger partial charge in [-0.3, -0.25) is 0 Å². The zero-order valence-corrected chi connectivity index (χ0v) is 9.60. The first-order valence-electron chi connectivity index (χ1n) is 5.50. The molecule has 0 saturated heterocycles. The molecule has 0 amide bonds. The van der Waals surface area contributed by atoms with Crippen LogP contribution in [0.4, 0.5) is 4.39 Å². The smallest absolute Gasteiger partial charge is 0.133 e. The molecule has 0 radical (unpaired) electrons. The van der Waals surface area contributed by atoms with Crippen LogP contribution in [0.5, 0.6) is 0 Å². The number of nitrogens with two attached hydrogens (primary N) is 1. The minimum absolute atomic E-state index is 0.0710. The molecule has 0 saturated carbocycles. The summed E-state index contributed by atoms with van der Waals surface area (Å²) in [6.45, 7) is 2.42. The van der Waals surface area contributed by atoms with Crippen LogP contribution in [0.25, 0.3) is 11.3 Å². The third-order valence-electron chi connectivity index (χ3n) is 2.62. The quantitative estimate of drug-likeness (QED) is 0.882. The van der Waals surface area contributed by atoms with Crippen molar-refractivity contribution in [3.63, 3.8) is 0 Å². The lowest BCUT2D eigenvalue weighted by Gasteiger charge is -2.08. The largest absolute Gasteiger partial charge is 0.330 e. The predicted octanol–water partition coefficient (Wildman–Crippen LogP) is 2.34. The van der Waals surface area contributed by atoms with Crippen LogP contribution in [0.15, 0.2) is 36.5 Å². The third-order valence-corrected chi connectivity index (χ3v) is 2.62. The standard InChI is InChI=1S/C13H14FN3/c1-9(8-15)13-16-7-6-12(17-13)10-4-2-3-5-11(10)14/h2-7,9H,8,15H2,1H3. The molecule has 1 unspecified atom stereocenters. The van der Waals surface area contributed by atoms with Gasteiger partial charge in [-0.1, -0.05) is 19.1 Å². The van der Waals surface area contributed by atoms with Gasteiger partial charge in [-0.2, -0.15) is 0 Å². The summed E-state index contributed by atoms with van der Waals surface area (Å²) in [6.07, 6.45) is 1.64. The fraction of sp³-hybridized carbons (Fsp3) is 0.231. The van der Waals surface area contributed by atoms with Crippen LogP contribution in [0, 0.1) is 5.82 Å². The number of hydrogen-bond donors (Lipinski definition) is 1. The molecule has 88 valence electrons. The first kappa shape index (κ1) is 11.7. The van der Waals surface area contributed by atoms with Gasteiger partial charge in [0.2, 0.25) is 0 Å². The highest BCUT2D eigenvalue weighted by Gasteiger charge is 2.10. The average molecular weight is 231 g/mol. The lowest BCUT2D eigenvalue weighted by atomic mass is 10.1. The molecule has 4 heteroatoms. The Kier molecular flexibility index (Phi) is 3.44. The highest BCUT2D eigenvalue weighted by atomic mass is 19.1. The predicted molar refractivity (Wildman–Crippen MR) is 64.9 cm³/mol. The molecular weight excluding hydrogens is 217 g/mol. The molecule has 2 aromatic rings. The second-order valence-electron chi connectivity index (χ2n) is 3.92. The van der Waals surface area contributed by atoms with E-state index in [1.807, 2.05) is 6.92 Å². The molecule has 0 fully saturated rings. The third kappa shape index (κ3) is 2.47. The molecule has 0 aliphatic rings. The van der Waals surface area contributed by atoms with Gasteiger partial charge >= 0.3 is 0 Å². The normalized spacial score (nSPS) is 12.4. The Labute approximate surface area is 99.5 Å². The zero-order chi connectivity index (χ0) is 12.3. The Morgan fingerprint density at radius 1 is 1.29 bits per heavy atom. The molecule has 1 aromatic carbocycles. The Morgan fingerprint density at radius 3 is 2.76 bits per heavy atom. The summed E-state index contributed by atoms with van der Waals surface area (Å²) in [6, 6.07) is 8.26. The SMILES string of the molecule is CC(CN)c1nccc(-c2ccccc2F)n1. The van der Waals surface area contributed by atoms with E-state index in [1.165, 1.54) is 6.07 Å². The van der Waals surface area contributed by atoms with E-state index >= 15 is 0 Å². The van der Waals surface area contributed by atoms with E-state index < -0.39 is 0 Å².